The van der Waals surface area contributed by atoms with Crippen LogP contribution < -0.4 is 5.32 Å². The molecule has 3 unspecified atom stereocenters. The van der Waals surface area contributed by atoms with Crippen molar-refractivity contribution in [3.63, 3.8) is 0 Å². The Hall–Kier alpha value is -0.900. The van der Waals surface area contributed by atoms with E-state index < -0.39 is 0 Å². The molecule has 0 aromatic rings. The molecule has 3 atom stereocenters. The highest BCUT2D eigenvalue weighted by molar-refractivity contribution is 5.81. The molecule has 3 fully saturated rings. The van der Waals surface area contributed by atoms with Gasteiger partial charge in [0, 0.05) is 43.9 Å². The van der Waals surface area contributed by atoms with Crippen molar-refractivity contribution >= 4 is 11.7 Å². The van der Waals surface area contributed by atoms with Gasteiger partial charge in [-0.15, -0.1) is 0 Å². The Labute approximate surface area is 95.4 Å². The lowest BCUT2D eigenvalue weighted by Crippen LogP contribution is -2.48. The number of fused-ring (bicyclic) bond motifs is 2. The molecule has 3 heterocycles. The van der Waals surface area contributed by atoms with Crippen molar-refractivity contribution in [1.29, 1.82) is 0 Å². The predicted molar refractivity (Wildman–Crippen MR) is 58.9 cm³/mol. The Bertz CT molecular complexity index is 313. The molecule has 88 valence electrons. The average molecular weight is 222 g/mol. The maximum Gasteiger partial charge on any atom is 0.220 e. The monoisotopic (exact) mass is 222 g/mol. The van der Waals surface area contributed by atoms with Crippen LogP contribution >= 0.6 is 0 Å². The number of amides is 1. The first kappa shape index (κ1) is 10.3. The molecule has 3 aliphatic heterocycles. The number of nitrogens with one attached hydrogen (secondary N) is 1. The molecule has 4 nitrogen and oxygen atoms in total. The largest absolute Gasteiger partial charge is 0.352 e. The molecule has 0 radical (unpaired) electrons. The van der Waals surface area contributed by atoms with Crippen LogP contribution in [0.2, 0.25) is 0 Å². The van der Waals surface area contributed by atoms with Crippen LogP contribution in [0.25, 0.3) is 0 Å². The Balaban J connectivity index is 1.63. The molecule has 0 spiro atoms. The molecule has 0 aromatic carbocycles. The topological polar surface area (TPSA) is 49.4 Å². The number of piperidine rings is 1. The van der Waals surface area contributed by atoms with Crippen LogP contribution in [0.4, 0.5) is 0 Å². The van der Waals surface area contributed by atoms with Crippen molar-refractivity contribution in [1.82, 2.24) is 10.2 Å². The summed E-state index contributed by atoms with van der Waals surface area (Å²) < 4.78 is 0. The van der Waals surface area contributed by atoms with E-state index in [1.54, 1.807) is 0 Å². The smallest absolute Gasteiger partial charge is 0.220 e. The van der Waals surface area contributed by atoms with Crippen molar-refractivity contribution in [2.75, 3.05) is 6.54 Å². The SMILES string of the molecule is O=C1CC2CCC(C1)N2CC1CCC(=O)N1. The highest BCUT2D eigenvalue weighted by Gasteiger charge is 2.41. The lowest BCUT2D eigenvalue weighted by molar-refractivity contribution is -0.124. The number of Topliss-reactive ketones (excluding diaryl/α,β-unsaturated/α-hetero) is 1. The van der Waals surface area contributed by atoms with E-state index in [0.29, 0.717) is 30.3 Å². The van der Waals surface area contributed by atoms with Gasteiger partial charge in [0.15, 0.2) is 0 Å². The third kappa shape index (κ3) is 1.75. The van der Waals surface area contributed by atoms with Gasteiger partial charge in [-0.25, -0.2) is 0 Å². The van der Waals surface area contributed by atoms with Crippen LogP contribution in [0.15, 0.2) is 0 Å². The van der Waals surface area contributed by atoms with Gasteiger partial charge >= 0.3 is 0 Å². The maximum atomic E-state index is 11.5. The fourth-order valence-corrected chi connectivity index (χ4v) is 3.43. The Morgan fingerprint density at radius 3 is 2.38 bits per heavy atom. The molecule has 16 heavy (non-hydrogen) atoms. The van der Waals surface area contributed by atoms with Gasteiger partial charge in [0.25, 0.3) is 0 Å². The van der Waals surface area contributed by atoms with E-state index in [1.807, 2.05) is 0 Å². The molecular formula is C12H18N2O2. The number of ketones is 1. The third-order valence-electron chi connectivity index (χ3n) is 4.21. The number of nitrogens with zero attached hydrogens (tertiary/aromatic N) is 1. The lowest BCUT2D eigenvalue weighted by Gasteiger charge is -2.35. The molecule has 1 amide bonds. The number of carbonyl (C=O) groups is 2. The standard InChI is InChI=1S/C12H18N2O2/c15-11-5-9-2-3-10(6-11)14(9)7-8-1-4-12(16)13-8/h8-10H,1-7H2,(H,13,16). The van der Waals surface area contributed by atoms with Crippen LogP contribution in [0.5, 0.6) is 0 Å². The average Bonchev–Trinajstić information content (AvgIpc) is 2.72. The molecule has 0 aromatic heterocycles. The Kier molecular flexibility index (Phi) is 2.46. The quantitative estimate of drug-likeness (QED) is 0.738. The molecule has 2 bridgehead atoms. The minimum Gasteiger partial charge on any atom is -0.352 e. The number of carbonyl (C=O) groups excluding carboxylic acids is 2. The van der Waals surface area contributed by atoms with Gasteiger partial charge < -0.3 is 5.32 Å². The summed E-state index contributed by atoms with van der Waals surface area (Å²) in [6.45, 7) is 0.953. The van der Waals surface area contributed by atoms with E-state index in [0.717, 1.165) is 38.6 Å². The van der Waals surface area contributed by atoms with E-state index in [-0.39, 0.29) is 5.91 Å². The van der Waals surface area contributed by atoms with Crippen LogP contribution in [0.3, 0.4) is 0 Å². The number of hydrogen-bond donors (Lipinski definition) is 1. The first-order chi connectivity index (χ1) is 7.72. The maximum absolute atomic E-state index is 11.5. The normalized spacial score (nSPS) is 39.1. The van der Waals surface area contributed by atoms with Crippen LogP contribution in [0, 0.1) is 0 Å². The molecule has 3 aliphatic rings. The van der Waals surface area contributed by atoms with Crippen molar-refractivity contribution in [3.05, 3.63) is 0 Å². The molecule has 3 saturated heterocycles. The van der Waals surface area contributed by atoms with Crippen molar-refractivity contribution in [3.8, 4) is 0 Å². The van der Waals surface area contributed by atoms with E-state index >= 15 is 0 Å². The predicted octanol–water partition coefficient (Wildman–Crippen LogP) is 0.461. The minimum atomic E-state index is 0.186. The summed E-state index contributed by atoms with van der Waals surface area (Å²) in [5, 5.41) is 3.02. The van der Waals surface area contributed by atoms with Crippen LogP contribution in [-0.4, -0.2) is 41.3 Å². The van der Waals surface area contributed by atoms with Crippen LogP contribution in [0.1, 0.15) is 38.5 Å². The summed E-state index contributed by atoms with van der Waals surface area (Å²) in [4.78, 5) is 25.1. The zero-order valence-electron chi connectivity index (χ0n) is 9.45. The highest BCUT2D eigenvalue weighted by atomic mass is 16.2. The molecule has 4 heteroatoms. The lowest BCUT2D eigenvalue weighted by atomic mass is 10.0. The summed E-state index contributed by atoms with van der Waals surface area (Å²) >= 11 is 0. The van der Waals surface area contributed by atoms with E-state index in [9.17, 15) is 9.59 Å². The molecule has 0 saturated carbocycles. The van der Waals surface area contributed by atoms with Gasteiger partial charge in [-0.1, -0.05) is 0 Å². The van der Waals surface area contributed by atoms with Crippen LogP contribution in [-0.2, 0) is 9.59 Å². The summed E-state index contributed by atoms with van der Waals surface area (Å²) in [6.07, 6.45) is 5.43. The third-order valence-corrected chi connectivity index (χ3v) is 4.21. The molecule has 1 N–H and O–H groups in total. The highest BCUT2D eigenvalue weighted by Crippen LogP contribution is 2.34. The summed E-state index contributed by atoms with van der Waals surface area (Å²) in [5.74, 6) is 0.615. The van der Waals surface area contributed by atoms with Gasteiger partial charge in [-0.2, -0.15) is 0 Å². The van der Waals surface area contributed by atoms with Crippen molar-refractivity contribution < 1.29 is 9.59 Å². The fraction of sp³-hybridized carbons (Fsp3) is 0.833. The number of hydrogen-bond acceptors (Lipinski definition) is 3. The summed E-state index contributed by atoms with van der Waals surface area (Å²) in [5.41, 5.74) is 0. The van der Waals surface area contributed by atoms with E-state index in [4.69, 9.17) is 0 Å². The van der Waals surface area contributed by atoms with E-state index in [1.165, 1.54) is 0 Å². The van der Waals surface area contributed by atoms with Gasteiger partial charge in [-0.3, -0.25) is 14.5 Å². The second-order valence-electron chi connectivity index (χ2n) is 5.33. The zero-order valence-corrected chi connectivity index (χ0v) is 9.45. The molecule has 3 rings (SSSR count). The minimum absolute atomic E-state index is 0.186. The van der Waals surface area contributed by atoms with Crippen molar-refractivity contribution in [2.45, 2.75) is 56.7 Å². The van der Waals surface area contributed by atoms with Gasteiger partial charge in [0.1, 0.15) is 5.78 Å². The van der Waals surface area contributed by atoms with Gasteiger partial charge in [0.2, 0.25) is 5.91 Å². The fourth-order valence-electron chi connectivity index (χ4n) is 3.43. The first-order valence-electron chi connectivity index (χ1n) is 6.29. The van der Waals surface area contributed by atoms with Gasteiger partial charge in [-0.05, 0) is 19.3 Å². The second-order valence-corrected chi connectivity index (χ2v) is 5.33. The van der Waals surface area contributed by atoms with E-state index in [2.05, 4.69) is 10.2 Å². The Morgan fingerprint density at radius 1 is 1.12 bits per heavy atom. The summed E-state index contributed by atoms with van der Waals surface area (Å²) in [7, 11) is 0. The molecular weight excluding hydrogens is 204 g/mol. The second kappa shape index (κ2) is 3.84. The zero-order chi connectivity index (χ0) is 11.1. The summed E-state index contributed by atoms with van der Waals surface area (Å²) in [6, 6.07) is 1.25. The Morgan fingerprint density at radius 2 is 1.81 bits per heavy atom. The molecule has 0 aliphatic carbocycles. The number of rotatable bonds is 2. The van der Waals surface area contributed by atoms with Gasteiger partial charge in [0.05, 0.1) is 0 Å². The first-order valence-corrected chi connectivity index (χ1v) is 6.29. The van der Waals surface area contributed by atoms with Crippen molar-refractivity contribution in [2.24, 2.45) is 0 Å².